The second-order valence-electron chi connectivity index (χ2n) is 2.21. The quantitative estimate of drug-likeness (QED) is 0.129. The third kappa shape index (κ3) is 4480. The van der Waals surface area contributed by atoms with E-state index >= 15 is 0 Å². The third-order valence-corrected chi connectivity index (χ3v) is 0. The standard InChI is InChI=1S/Al.Li.H3O4P.2H4O4Si.O4Si/c;;4*1-5(2,3)4/h;;(H3,1,2,3,4);2*1-4H;/q+3;+1;;;;-4. The van der Waals surface area contributed by atoms with E-state index in [1.807, 2.05) is 0 Å². The zero-order chi connectivity index (χ0) is 18.0. The number of hydrogen-bond acceptors (Lipinski definition) is 13. The molecule has 0 saturated carbocycles. The van der Waals surface area contributed by atoms with Crippen LogP contribution in [0.4, 0.5) is 0 Å². The minimum atomic E-state index is -5.61. The van der Waals surface area contributed by atoms with Gasteiger partial charge in [0.05, 0.1) is 0 Å². The van der Waals surface area contributed by atoms with Gasteiger partial charge in [0.2, 0.25) is 0 Å². The van der Waals surface area contributed by atoms with Crippen molar-refractivity contribution in [2.75, 3.05) is 0 Å². The van der Waals surface area contributed by atoms with E-state index in [2.05, 4.69) is 0 Å². The van der Waals surface area contributed by atoms with Gasteiger partial charge < -0.3 is 81.3 Å². The van der Waals surface area contributed by atoms with E-state index < -0.39 is 35.0 Å². The van der Waals surface area contributed by atoms with Crippen molar-refractivity contribution < 1.29 is 95.7 Å². The summed E-state index contributed by atoms with van der Waals surface area (Å²) in [5, 5.41) is 0. The molecule has 0 heterocycles. The molecule has 0 spiro atoms. The van der Waals surface area contributed by atoms with E-state index in [1.165, 1.54) is 0 Å². The molecule has 0 atom stereocenters. The van der Waals surface area contributed by atoms with E-state index in [1.54, 1.807) is 0 Å². The molecule has 0 saturated heterocycles. The molecule has 0 aliphatic carbocycles. The second-order valence-corrected chi connectivity index (χ2v) is 6.64. The molecule has 0 fully saturated rings. The molecule has 0 aliphatic heterocycles. The zero-order valence-electron chi connectivity index (χ0n) is 10.5. The first-order chi connectivity index (χ1) is 8.00. The predicted octanol–water partition coefficient (Wildman–Crippen LogP) is -14.7. The Balaban J connectivity index is -0.0000000376. The van der Waals surface area contributed by atoms with Gasteiger partial charge in [-0.3, -0.25) is 0 Å². The van der Waals surface area contributed by atoms with Gasteiger partial charge in [-0.2, -0.15) is 0 Å². The Morgan fingerprint density at radius 3 is 0.636 bits per heavy atom. The van der Waals surface area contributed by atoms with Crippen LogP contribution in [0.15, 0.2) is 0 Å². The van der Waals surface area contributed by atoms with Crippen molar-refractivity contribution in [2.45, 2.75) is 0 Å². The van der Waals surface area contributed by atoms with Crippen LogP contribution in [0.3, 0.4) is 0 Å². The van der Waals surface area contributed by atoms with Gasteiger partial charge in [-0.05, 0) is 0 Å². The number of hydrogen-bond donors (Lipinski definition) is 11. The Labute approximate surface area is 148 Å². The fourth-order valence-electron chi connectivity index (χ4n) is 0. The first-order valence-electron chi connectivity index (χ1n) is 3.39. The molecular weight excluding hydrogens is 405 g/mol. The van der Waals surface area contributed by atoms with Gasteiger partial charge >= 0.3 is 62.1 Å². The average Bonchev–Trinajstić information content (AvgIpc) is 1.62. The largest absolute Gasteiger partial charge is 3.00 e. The van der Waals surface area contributed by atoms with Crippen molar-refractivity contribution in [1.29, 1.82) is 0 Å². The van der Waals surface area contributed by atoms with Crippen LogP contribution >= 0.6 is 7.82 Å². The Hall–Kier alpha value is 1.41. The van der Waals surface area contributed by atoms with Gasteiger partial charge in [0.15, 0.2) is 0 Å². The molecule has 0 aromatic rings. The maximum atomic E-state index is 8.88. The van der Waals surface area contributed by atoms with Crippen LogP contribution in [0.1, 0.15) is 0 Å². The molecule has 0 amide bonds. The fraction of sp³-hybridized carbons (Fsp3) is 0. The maximum absolute atomic E-state index is 8.88. The van der Waals surface area contributed by atoms with Crippen LogP contribution < -0.4 is 38.0 Å². The smallest absolute Gasteiger partial charge is 0.894 e. The summed E-state index contributed by atoms with van der Waals surface area (Å²) in [6.45, 7) is 0. The molecule has 0 aromatic heterocycles. The summed E-state index contributed by atoms with van der Waals surface area (Å²) in [7, 11) is -19.5. The Morgan fingerprint density at radius 1 is 0.636 bits per heavy atom. The van der Waals surface area contributed by atoms with Crippen LogP contribution in [0.2, 0.25) is 0 Å². The van der Waals surface area contributed by atoms with E-state index in [0.29, 0.717) is 0 Å². The van der Waals surface area contributed by atoms with Crippen LogP contribution in [0.25, 0.3) is 0 Å². The SMILES string of the molecule is O=P(O)(O)O.O[Si](O)(O)O.O[Si](O)(O)O.[Al+3].[Li+].[O-][Si]([O-])([O-])[O-]. The molecule has 11 N–H and O–H groups in total. The van der Waals surface area contributed by atoms with Gasteiger partial charge in [-0.1, -0.05) is 0 Å². The minimum Gasteiger partial charge on any atom is -0.894 e. The minimum absolute atomic E-state index is 0. The summed E-state index contributed by atoms with van der Waals surface area (Å²) in [5.74, 6) is 0. The first kappa shape index (κ1) is 38.8. The molecule has 0 aromatic carbocycles. The molecule has 0 aliphatic rings. The van der Waals surface area contributed by atoms with Crippen LogP contribution in [-0.4, -0.2) is 97.6 Å². The average molecular weight is 416 g/mol. The van der Waals surface area contributed by atoms with Gasteiger partial charge in [0.1, 0.15) is 0 Å². The fourth-order valence-corrected chi connectivity index (χ4v) is 0. The topological polar surface area (TPSA) is 332 Å². The van der Waals surface area contributed by atoms with Crippen molar-refractivity contribution >= 4 is 52.3 Å². The zero-order valence-corrected chi connectivity index (χ0v) is 15.5. The van der Waals surface area contributed by atoms with E-state index in [9.17, 15) is 0 Å². The van der Waals surface area contributed by atoms with Gasteiger partial charge in [0, 0.05) is 0 Å². The molecule has 16 nitrogen and oxygen atoms in total. The Bertz CT molecular complexity index is 203. The normalized spacial score (nSPS) is 10.9. The summed E-state index contributed by atoms with van der Waals surface area (Å²) in [6, 6.07) is 0. The summed E-state index contributed by atoms with van der Waals surface area (Å²) >= 11 is 0. The number of rotatable bonds is 0. The first-order valence-corrected chi connectivity index (χ1v) is 10.2. The molecule has 0 unspecified atom stereocenters. The summed E-state index contributed by atoms with van der Waals surface area (Å²) in [4.78, 5) is 114. The molecule has 22 heteroatoms. The molecule has 0 bridgehead atoms. The van der Waals surface area contributed by atoms with Crippen molar-refractivity contribution in [1.82, 2.24) is 0 Å². The van der Waals surface area contributed by atoms with Gasteiger partial charge in [-0.25, -0.2) is 4.57 Å². The summed E-state index contributed by atoms with van der Waals surface area (Å²) < 4.78 is 8.88. The van der Waals surface area contributed by atoms with Crippen molar-refractivity contribution in [2.24, 2.45) is 0 Å². The van der Waals surface area contributed by atoms with E-state index in [4.69, 9.17) is 76.8 Å². The molecule has 128 valence electrons. The Morgan fingerprint density at radius 2 is 0.636 bits per heavy atom. The summed E-state index contributed by atoms with van der Waals surface area (Å²) in [6.07, 6.45) is 0. The number of phosphoric acid groups is 1. The van der Waals surface area contributed by atoms with Crippen LogP contribution in [-0.2, 0) is 4.57 Å². The second kappa shape index (κ2) is 15.9. The van der Waals surface area contributed by atoms with Crippen LogP contribution in [0, 0.1) is 0 Å². The maximum Gasteiger partial charge on any atom is 3.00 e. The van der Waals surface area contributed by atoms with Crippen molar-refractivity contribution in [3.63, 3.8) is 0 Å². The van der Waals surface area contributed by atoms with Gasteiger partial charge in [0.25, 0.3) is 0 Å². The third-order valence-electron chi connectivity index (χ3n) is 0. The van der Waals surface area contributed by atoms with Crippen molar-refractivity contribution in [3.8, 4) is 0 Å². The van der Waals surface area contributed by atoms with E-state index in [0.717, 1.165) is 0 Å². The molecule has 22 heavy (non-hydrogen) atoms. The molecule has 0 rings (SSSR count). The monoisotopic (exact) mass is 416 g/mol. The predicted molar refractivity (Wildman–Crippen MR) is 55.0 cm³/mol. The molecular formula is H11AlLiO16PSi3. The van der Waals surface area contributed by atoms with Crippen LogP contribution in [0.5, 0.6) is 0 Å². The van der Waals surface area contributed by atoms with E-state index in [-0.39, 0.29) is 36.2 Å². The van der Waals surface area contributed by atoms with Crippen molar-refractivity contribution in [3.05, 3.63) is 0 Å². The van der Waals surface area contributed by atoms with Gasteiger partial charge in [-0.15, -0.1) is 0 Å². The Kier molecular flexibility index (Phi) is 28.1. The molecule has 0 radical (unpaired) electrons. The summed E-state index contributed by atoms with van der Waals surface area (Å²) in [5.41, 5.74) is 0.